The van der Waals surface area contributed by atoms with Gasteiger partial charge in [0.25, 0.3) is 5.91 Å². The van der Waals surface area contributed by atoms with Gasteiger partial charge in [-0.25, -0.2) is 9.48 Å². The van der Waals surface area contributed by atoms with Gasteiger partial charge in [-0.3, -0.25) is 4.79 Å². The summed E-state index contributed by atoms with van der Waals surface area (Å²) in [6.45, 7) is 5.42. The topological polar surface area (TPSA) is 91.7 Å². The van der Waals surface area contributed by atoms with Gasteiger partial charge in [0.15, 0.2) is 13.2 Å². The van der Waals surface area contributed by atoms with Gasteiger partial charge in [-0.2, -0.15) is 5.10 Å². The smallest absolute Gasteiger partial charge is 0.344 e. The van der Waals surface area contributed by atoms with E-state index in [1.165, 1.54) is 0 Å². The van der Waals surface area contributed by atoms with Gasteiger partial charge in [0.2, 0.25) is 0 Å². The molecule has 0 aliphatic carbocycles. The van der Waals surface area contributed by atoms with Gasteiger partial charge in [0, 0.05) is 0 Å². The molecule has 0 fully saturated rings. The number of nitrogens with one attached hydrogen (secondary N) is 1. The summed E-state index contributed by atoms with van der Waals surface area (Å²) in [5.74, 6) is 0.130. The van der Waals surface area contributed by atoms with Gasteiger partial charge < -0.3 is 19.5 Å². The average Bonchev–Trinajstić information content (AvgIpc) is 3.06. The third-order valence-corrected chi connectivity index (χ3v) is 4.41. The monoisotopic (exact) mass is 423 g/mol. The van der Waals surface area contributed by atoms with Crippen LogP contribution in [0.25, 0.3) is 5.69 Å². The quantitative estimate of drug-likeness (QED) is 0.530. The molecule has 0 saturated heterocycles. The van der Waals surface area contributed by atoms with Gasteiger partial charge in [-0.15, -0.1) is 0 Å². The highest BCUT2D eigenvalue weighted by atomic mass is 16.6. The number of ether oxygens (including phenoxy) is 3. The summed E-state index contributed by atoms with van der Waals surface area (Å²) in [5.41, 5.74) is 2.93. The van der Waals surface area contributed by atoms with Crippen molar-refractivity contribution in [3.8, 4) is 17.2 Å². The number of amides is 1. The number of nitrogens with zero attached hydrogens (tertiary/aromatic N) is 2. The number of carbonyl (C=O) groups excluding carboxylic acids is 2. The van der Waals surface area contributed by atoms with E-state index in [0.717, 1.165) is 17.1 Å². The molecule has 0 aliphatic rings. The van der Waals surface area contributed by atoms with E-state index in [1.54, 1.807) is 35.9 Å². The lowest BCUT2D eigenvalue weighted by atomic mass is 10.3. The zero-order chi connectivity index (χ0) is 22.2. The van der Waals surface area contributed by atoms with Gasteiger partial charge in [-0.05, 0) is 57.2 Å². The van der Waals surface area contributed by atoms with Crippen molar-refractivity contribution in [1.29, 1.82) is 0 Å². The number of carbonyl (C=O) groups is 2. The predicted molar refractivity (Wildman–Crippen MR) is 116 cm³/mol. The molecular formula is C23H25N3O5. The number of para-hydroxylation sites is 1. The molecule has 0 spiro atoms. The molecule has 0 saturated carbocycles. The van der Waals surface area contributed by atoms with Crippen LogP contribution in [0.15, 0.2) is 54.6 Å². The second-order valence-electron chi connectivity index (χ2n) is 6.70. The number of hydrogen-bond donors (Lipinski definition) is 1. The molecule has 3 aromatic rings. The Kier molecular flexibility index (Phi) is 7.26. The molecule has 0 atom stereocenters. The Bertz CT molecular complexity index is 1030. The highest BCUT2D eigenvalue weighted by Gasteiger charge is 2.16. The molecule has 0 unspecified atom stereocenters. The summed E-state index contributed by atoms with van der Waals surface area (Å²) in [7, 11) is 0. The van der Waals surface area contributed by atoms with Crippen LogP contribution in [0.3, 0.4) is 0 Å². The van der Waals surface area contributed by atoms with Crippen LogP contribution in [0.4, 0.5) is 5.69 Å². The summed E-state index contributed by atoms with van der Waals surface area (Å²) < 4.78 is 17.5. The molecule has 1 amide bonds. The number of rotatable bonds is 9. The minimum absolute atomic E-state index is 0.300. The molecule has 8 heteroatoms. The van der Waals surface area contributed by atoms with E-state index in [0.29, 0.717) is 23.7 Å². The lowest BCUT2D eigenvalue weighted by Gasteiger charge is -2.09. The first-order chi connectivity index (χ1) is 15.0. The fourth-order valence-electron chi connectivity index (χ4n) is 2.95. The fraction of sp³-hybridized carbons (Fsp3) is 0.261. The molecule has 2 aromatic carbocycles. The Morgan fingerprint density at radius 1 is 0.935 bits per heavy atom. The average molecular weight is 423 g/mol. The first-order valence-corrected chi connectivity index (χ1v) is 9.90. The molecule has 0 bridgehead atoms. The van der Waals surface area contributed by atoms with Crippen LogP contribution in [-0.4, -0.2) is 41.5 Å². The lowest BCUT2D eigenvalue weighted by Crippen LogP contribution is -2.24. The van der Waals surface area contributed by atoms with Crippen molar-refractivity contribution in [2.24, 2.45) is 0 Å². The maximum absolute atomic E-state index is 12.3. The maximum Gasteiger partial charge on any atom is 0.344 e. The third kappa shape index (κ3) is 5.85. The Morgan fingerprint density at radius 2 is 1.58 bits per heavy atom. The van der Waals surface area contributed by atoms with Gasteiger partial charge in [-0.1, -0.05) is 18.2 Å². The van der Waals surface area contributed by atoms with E-state index in [2.05, 4.69) is 10.4 Å². The first kappa shape index (κ1) is 21.9. The molecule has 1 N–H and O–H groups in total. The van der Waals surface area contributed by atoms with Crippen molar-refractivity contribution in [2.45, 2.75) is 20.8 Å². The Morgan fingerprint density at radius 3 is 2.23 bits per heavy atom. The number of hydrogen-bond acceptors (Lipinski definition) is 6. The van der Waals surface area contributed by atoms with Crippen LogP contribution in [0.2, 0.25) is 0 Å². The van der Waals surface area contributed by atoms with Crippen LogP contribution in [0.5, 0.6) is 11.5 Å². The lowest BCUT2D eigenvalue weighted by molar-refractivity contribution is -0.149. The van der Waals surface area contributed by atoms with Crippen molar-refractivity contribution in [2.75, 3.05) is 25.1 Å². The van der Waals surface area contributed by atoms with Gasteiger partial charge in [0.1, 0.15) is 11.5 Å². The molecule has 3 rings (SSSR count). The molecule has 1 heterocycles. The SMILES string of the molecule is CCOc1ccc(OCC(=O)OCC(=O)Nc2c(C)nn(-c3ccccc3)c2C)cc1. The van der Waals surface area contributed by atoms with E-state index in [4.69, 9.17) is 14.2 Å². The van der Waals surface area contributed by atoms with Crippen molar-refractivity contribution < 1.29 is 23.8 Å². The van der Waals surface area contributed by atoms with Gasteiger partial charge in [0.05, 0.1) is 29.4 Å². The minimum atomic E-state index is -0.641. The van der Waals surface area contributed by atoms with Crippen LogP contribution in [0.1, 0.15) is 18.3 Å². The second kappa shape index (κ2) is 10.3. The molecule has 1 aromatic heterocycles. The largest absolute Gasteiger partial charge is 0.494 e. The normalized spacial score (nSPS) is 10.4. The summed E-state index contributed by atoms with van der Waals surface area (Å²) in [5, 5.41) is 7.24. The number of aryl methyl sites for hydroxylation is 1. The highest BCUT2D eigenvalue weighted by molar-refractivity contribution is 5.94. The summed E-state index contributed by atoms with van der Waals surface area (Å²) >= 11 is 0. The van der Waals surface area contributed by atoms with Gasteiger partial charge >= 0.3 is 5.97 Å². The summed E-state index contributed by atoms with van der Waals surface area (Å²) in [6.07, 6.45) is 0. The number of benzene rings is 2. The van der Waals surface area contributed by atoms with Crippen molar-refractivity contribution in [3.63, 3.8) is 0 Å². The predicted octanol–water partition coefficient (Wildman–Crippen LogP) is 3.45. The Hall–Kier alpha value is -3.81. The van der Waals surface area contributed by atoms with E-state index in [-0.39, 0.29) is 6.61 Å². The standard InChI is InChI=1S/C23H25N3O5/c1-4-29-19-10-12-20(13-11-19)30-15-22(28)31-14-21(27)24-23-16(2)25-26(17(23)3)18-8-6-5-7-9-18/h5-13H,4,14-15H2,1-3H3,(H,24,27). The van der Waals surface area contributed by atoms with E-state index in [9.17, 15) is 9.59 Å². The van der Waals surface area contributed by atoms with Crippen LogP contribution in [0, 0.1) is 13.8 Å². The zero-order valence-corrected chi connectivity index (χ0v) is 17.8. The zero-order valence-electron chi connectivity index (χ0n) is 17.8. The van der Waals surface area contributed by atoms with E-state index in [1.807, 2.05) is 44.2 Å². The molecule has 162 valence electrons. The molecule has 31 heavy (non-hydrogen) atoms. The summed E-state index contributed by atoms with van der Waals surface area (Å²) in [4.78, 5) is 24.2. The Labute approximate surface area is 180 Å². The second-order valence-corrected chi connectivity index (χ2v) is 6.70. The van der Waals surface area contributed by atoms with Crippen molar-refractivity contribution >= 4 is 17.6 Å². The van der Waals surface area contributed by atoms with Crippen LogP contribution in [-0.2, 0) is 14.3 Å². The number of esters is 1. The van der Waals surface area contributed by atoms with Crippen LogP contribution >= 0.6 is 0 Å². The third-order valence-electron chi connectivity index (χ3n) is 4.41. The molecular weight excluding hydrogens is 398 g/mol. The maximum atomic E-state index is 12.3. The van der Waals surface area contributed by atoms with E-state index < -0.39 is 18.5 Å². The first-order valence-electron chi connectivity index (χ1n) is 9.90. The number of anilines is 1. The highest BCUT2D eigenvalue weighted by Crippen LogP contribution is 2.22. The minimum Gasteiger partial charge on any atom is -0.494 e. The fourth-order valence-corrected chi connectivity index (χ4v) is 2.95. The summed E-state index contributed by atoms with van der Waals surface area (Å²) in [6, 6.07) is 16.5. The van der Waals surface area contributed by atoms with Crippen molar-refractivity contribution in [3.05, 3.63) is 66.0 Å². The Balaban J connectivity index is 1.49. The molecule has 8 nitrogen and oxygen atoms in total. The van der Waals surface area contributed by atoms with Crippen molar-refractivity contribution in [1.82, 2.24) is 9.78 Å². The molecule has 0 aliphatic heterocycles. The number of aromatic nitrogens is 2. The van der Waals surface area contributed by atoms with E-state index >= 15 is 0 Å². The molecule has 0 radical (unpaired) electrons. The van der Waals surface area contributed by atoms with Crippen LogP contribution < -0.4 is 14.8 Å².